The van der Waals surface area contributed by atoms with Crippen LogP contribution in [0.15, 0.2) is 47.4 Å². The number of nitrogens with one attached hydrogen (secondary N) is 3. The van der Waals surface area contributed by atoms with Gasteiger partial charge in [0.15, 0.2) is 0 Å². The predicted octanol–water partition coefficient (Wildman–Crippen LogP) is 3.08. The van der Waals surface area contributed by atoms with Crippen LogP contribution in [0.1, 0.15) is 30.0 Å². The van der Waals surface area contributed by atoms with Crippen LogP contribution < -0.4 is 20.9 Å². The lowest BCUT2D eigenvalue weighted by atomic mass is 10.1. The molecule has 1 saturated heterocycles. The highest BCUT2D eigenvalue weighted by Gasteiger charge is 2.19. The standard InChI is InChI=1S/C24H32ClN7O2/c1-16-13-28-24(29-19-8-10-34-11-9-19)31-22(16)32(4)15-21(27-3)23(33)30-20(14-26-2)17-6-5-7-18(25)12-17/h5-7,12-13,15,19-20,26H,3,8-11,14H2,1-2,4H3,(H,30,33)(H,28,29,31)/b21-15-. The molecule has 1 unspecified atom stereocenters. The number of likely N-dealkylation sites (N-methyl/N-ethyl adjacent to an activating group) is 1. The number of ether oxygens (including phenoxy) is 1. The maximum Gasteiger partial charge on any atom is 0.271 e. The van der Waals surface area contributed by atoms with E-state index >= 15 is 0 Å². The number of aromatic nitrogens is 2. The van der Waals surface area contributed by atoms with Gasteiger partial charge in [-0.2, -0.15) is 4.98 Å². The van der Waals surface area contributed by atoms with Gasteiger partial charge in [0.1, 0.15) is 11.5 Å². The summed E-state index contributed by atoms with van der Waals surface area (Å²) in [5.41, 5.74) is 1.93. The van der Waals surface area contributed by atoms with Crippen molar-refractivity contribution in [3.8, 4) is 0 Å². The molecule has 1 fully saturated rings. The number of aryl methyl sites for hydroxylation is 1. The summed E-state index contributed by atoms with van der Waals surface area (Å²) in [5, 5.41) is 10.1. The molecule has 182 valence electrons. The van der Waals surface area contributed by atoms with Crippen LogP contribution in [-0.2, 0) is 9.53 Å². The third kappa shape index (κ3) is 6.99. The molecule has 10 heteroatoms. The Balaban J connectivity index is 1.76. The largest absolute Gasteiger partial charge is 0.381 e. The molecule has 9 nitrogen and oxygen atoms in total. The van der Waals surface area contributed by atoms with Crippen molar-refractivity contribution in [2.45, 2.75) is 31.8 Å². The average Bonchev–Trinajstić information content (AvgIpc) is 2.83. The Bertz CT molecular complexity index is 1020. The zero-order valence-corrected chi connectivity index (χ0v) is 20.6. The number of aliphatic imine (C=N–C) groups is 1. The summed E-state index contributed by atoms with van der Waals surface area (Å²) in [6.45, 7) is 7.49. The number of halogens is 1. The molecule has 1 aromatic heterocycles. The molecule has 1 aliphatic heterocycles. The Hall–Kier alpha value is -3.01. The normalized spacial score (nSPS) is 15.5. The van der Waals surface area contributed by atoms with Crippen molar-refractivity contribution in [1.82, 2.24) is 20.6 Å². The Kier molecular flexibility index (Phi) is 9.38. The minimum Gasteiger partial charge on any atom is -0.381 e. The number of hydrogen-bond donors (Lipinski definition) is 3. The monoisotopic (exact) mass is 485 g/mol. The average molecular weight is 486 g/mol. The van der Waals surface area contributed by atoms with Crippen LogP contribution in [0.4, 0.5) is 11.8 Å². The van der Waals surface area contributed by atoms with Crippen LogP contribution in [0, 0.1) is 6.92 Å². The second-order valence-electron chi connectivity index (χ2n) is 8.15. The molecule has 1 atom stereocenters. The van der Waals surface area contributed by atoms with Crippen molar-refractivity contribution < 1.29 is 9.53 Å². The van der Waals surface area contributed by atoms with Gasteiger partial charge in [-0.05, 0) is 51.2 Å². The topological polar surface area (TPSA) is 104 Å². The van der Waals surface area contributed by atoms with Gasteiger partial charge in [0.05, 0.1) is 6.04 Å². The number of carbonyl (C=O) groups is 1. The summed E-state index contributed by atoms with van der Waals surface area (Å²) in [6, 6.07) is 7.39. The van der Waals surface area contributed by atoms with E-state index in [0.29, 0.717) is 23.3 Å². The van der Waals surface area contributed by atoms with Gasteiger partial charge in [0, 0.05) is 55.8 Å². The van der Waals surface area contributed by atoms with Gasteiger partial charge in [0.25, 0.3) is 5.91 Å². The number of anilines is 2. The van der Waals surface area contributed by atoms with Gasteiger partial charge in [-0.15, -0.1) is 0 Å². The lowest BCUT2D eigenvalue weighted by Gasteiger charge is -2.24. The number of hydrogen-bond acceptors (Lipinski definition) is 8. The van der Waals surface area contributed by atoms with E-state index in [0.717, 1.165) is 37.2 Å². The lowest BCUT2D eigenvalue weighted by molar-refractivity contribution is -0.118. The molecule has 2 aromatic rings. The summed E-state index contributed by atoms with van der Waals surface area (Å²) in [4.78, 5) is 27.8. The molecule has 1 aliphatic rings. The quantitative estimate of drug-likeness (QED) is 0.351. The summed E-state index contributed by atoms with van der Waals surface area (Å²) in [5.74, 6) is 0.856. The molecule has 1 aromatic carbocycles. The highest BCUT2D eigenvalue weighted by molar-refractivity contribution is 6.30. The Morgan fingerprint density at radius 2 is 2.18 bits per heavy atom. The van der Waals surface area contributed by atoms with Crippen LogP contribution in [-0.4, -0.2) is 62.5 Å². The first-order valence-electron chi connectivity index (χ1n) is 11.2. The molecule has 0 spiro atoms. The molecule has 1 amide bonds. The summed E-state index contributed by atoms with van der Waals surface area (Å²) >= 11 is 6.14. The number of carbonyl (C=O) groups excluding carboxylic acids is 1. The van der Waals surface area contributed by atoms with Crippen LogP contribution in [0.2, 0.25) is 5.02 Å². The number of nitrogens with zero attached hydrogens (tertiary/aromatic N) is 4. The van der Waals surface area contributed by atoms with Crippen LogP contribution in [0.5, 0.6) is 0 Å². The van der Waals surface area contributed by atoms with E-state index in [4.69, 9.17) is 16.3 Å². The van der Waals surface area contributed by atoms with E-state index in [1.165, 1.54) is 0 Å². The van der Waals surface area contributed by atoms with Crippen molar-refractivity contribution in [2.75, 3.05) is 44.1 Å². The van der Waals surface area contributed by atoms with E-state index < -0.39 is 0 Å². The third-order valence-corrected chi connectivity index (χ3v) is 5.75. The Labute approximate surface area is 205 Å². The van der Waals surface area contributed by atoms with E-state index in [1.807, 2.05) is 39.2 Å². The second kappa shape index (κ2) is 12.5. The highest BCUT2D eigenvalue weighted by atomic mass is 35.5. The van der Waals surface area contributed by atoms with Crippen molar-refractivity contribution in [3.63, 3.8) is 0 Å². The molecule has 3 rings (SSSR count). The zero-order chi connectivity index (χ0) is 24.5. The van der Waals surface area contributed by atoms with Crippen LogP contribution in [0.25, 0.3) is 0 Å². The lowest BCUT2D eigenvalue weighted by Crippen LogP contribution is -2.35. The molecule has 0 saturated carbocycles. The Morgan fingerprint density at radius 1 is 1.41 bits per heavy atom. The Morgan fingerprint density at radius 3 is 2.85 bits per heavy atom. The van der Waals surface area contributed by atoms with Crippen molar-refractivity contribution in [2.24, 2.45) is 4.99 Å². The van der Waals surface area contributed by atoms with Gasteiger partial charge < -0.3 is 25.6 Å². The van der Waals surface area contributed by atoms with Crippen molar-refractivity contribution >= 4 is 36.0 Å². The van der Waals surface area contributed by atoms with Gasteiger partial charge in [-0.3, -0.25) is 9.79 Å². The molecular formula is C24H32ClN7O2. The first-order valence-corrected chi connectivity index (χ1v) is 11.6. The first-order chi connectivity index (χ1) is 16.4. The number of amides is 1. The van der Waals surface area contributed by atoms with Gasteiger partial charge >= 0.3 is 0 Å². The minimum atomic E-state index is -0.352. The van der Waals surface area contributed by atoms with E-state index in [-0.39, 0.29) is 23.7 Å². The molecule has 34 heavy (non-hydrogen) atoms. The molecule has 2 heterocycles. The number of rotatable bonds is 10. The van der Waals surface area contributed by atoms with E-state index in [9.17, 15) is 4.79 Å². The third-order valence-electron chi connectivity index (χ3n) is 5.52. The molecular weight excluding hydrogens is 454 g/mol. The highest BCUT2D eigenvalue weighted by Crippen LogP contribution is 2.21. The predicted molar refractivity (Wildman–Crippen MR) is 137 cm³/mol. The maximum absolute atomic E-state index is 13.0. The van der Waals surface area contributed by atoms with E-state index in [1.54, 1.807) is 23.4 Å². The number of benzene rings is 1. The molecule has 0 aliphatic carbocycles. The summed E-state index contributed by atoms with van der Waals surface area (Å²) in [7, 11) is 3.64. The van der Waals surface area contributed by atoms with Gasteiger partial charge in [0.2, 0.25) is 5.95 Å². The molecule has 0 radical (unpaired) electrons. The SMILES string of the molecule is C=N/C(=C\N(C)c1nc(NC2CCOCC2)ncc1C)C(=O)NC(CNC)c1cccc(Cl)c1. The molecule has 0 bridgehead atoms. The second-order valence-corrected chi connectivity index (χ2v) is 8.59. The summed E-state index contributed by atoms with van der Waals surface area (Å²) in [6.07, 6.45) is 5.20. The van der Waals surface area contributed by atoms with Gasteiger partial charge in [-0.25, -0.2) is 4.98 Å². The van der Waals surface area contributed by atoms with Gasteiger partial charge in [-0.1, -0.05) is 23.7 Å². The van der Waals surface area contributed by atoms with E-state index in [2.05, 4.69) is 37.6 Å². The summed E-state index contributed by atoms with van der Waals surface area (Å²) < 4.78 is 5.41. The first kappa shape index (κ1) is 25.6. The zero-order valence-electron chi connectivity index (χ0n) is 19.8. The molecule has 3 N–H and O–H groups in total. The van der Waals surface area contributed by atoms with Crippen LogP contribution >= 0.6 is 11.6 Å². The maximum atomic E-state index is 13.0. The van der Waals surface area contributed by atoms with Crippen molar-refractivity contribution in [1.29, 1.82) is 0 Å². The minimum absolute atomic E-state index is 0.169. The van der Waals surface area contributed by atoms with Crippen LogP contribution in [0.3, 0.4) is 0 Å². The fourth-order valence-electron chi connectivity index (χ4n) is 3.71. The fourth-order valence-corrected chi connectivity index (χ4v) is 3.91. The van der Waals surface area contributed by atoms with Crippen molar-refractivity contribution in [3.05, 3.63) is 58.5 Å². The fraction of sp³-hybridized carbons (Fsp3) is 0.417. The smallest absolute Gasteiger partial charge is 0.271 e.